The van der Waals surface area contributed by atoms with Crippen LogP contribution in [0, 0.1) is 5.92 Å². The molecule has 0 amide bonds. The molecule has 0 aliphatic carbocycles. The minimum absolute atomic E-state index is 0. The van der Waals surface area contributed by atoms with Gasteiger partial charge in [-0.3, -0.25) is 4.79 Å². The van der Waals surface area contributed by atoms with E-state index >= 15 is 0 Å². The molecule has 5 heteroatoms. The van der Waals surface area contributed by atoms with E-state index in [-0.39, 0.29) is 36.2 Å². The number of carboxylic acids is 1. The van der Waals surface area contributed by atoms with Crippen molar-refractivity contribution in [1.82, 2.24) is 0 Å². The smallest absolute Gasteiger partial charge is 0.549 e. The van der Waals surface area contributed by atoms with Gasteiger partial charge in [-0.1, -0.05) is 0 Å². The maximum atomic E-state index is 10.5. The number of esters is 1. The van der Waals surface area contributed by atoms with E-state index in [0.29, 0.717) is 0 Å². The van der Waals surface area contributed by atoms with Gasteiger partial charge in [0.15, 0.2) is 0 Å². The predicted octanol–water partition coefficient (Wildman–Crippen LogP) is -4.06. The third-order valence-electron chi connectivity index (χ3n) is 0.994. The monoisotopic (exact) mass is 168 g/mol. The van der Waals surface area contributed by atoms with Gasteiger partial charge in [-0.25, -0.2) is 0 Å². The molecule has 0 rings (SSSR count). The van der Waals surface area contributed by atoms with Crippen molar-refractivity contribution in [3.8, 4) is 0 Å². The average Bonchev–Trinajstić information content (AvgIpc) is 1.87. The first kappa shape index (κ1) is 13.5. The van der Waals surface area contributed by atoms with Gasteiger partial charge in [-0.05, 0) is 13.8 Å². The Labute approximate surface area is 87.2 Å². The summed E-state index contributed by atoms with van der Waals surface area (Å²) in [4.78, 5) is 20.5. The van der Waals surface area contributed by atoms with E-state index in [1.165, 1.54) is 6.92 Å². The van der Waals surface area contributed by atoms with E-state index in [0.717, 1.165) is 0 Å². The van der Waals surface area contributed by atoms with Gasteiger partial charge in [-0.2, -0.15) is 0 Å². The van der Waals surface area contributed by atoms with Crippen molar-refractivity contribution in [3.05, 3.63) is 0 Å². The molecule has 0 spiro atoms. The number of carboxylic acid groups (broad SMARTS) is 1. The van der Waals surface area contributed by atoms with Crippen LogP contribution in [0.3, 0.4) is 0 Å². The van der Waals surface area contributed by atoms with Crippen LogP contribution in [0.4, 0.5) is 0 Å². The SMILES string of the molecule is CCOC(=O)C(C)C(=O)[O-].[Na+]. The van der Waals surface area contributed by atoms with Crippen molar-refractivity contribution in [2.24, 2.45) is 5.92 Å². The summed E-state index contributed by atoms with van der Waals surface area (Å²) in [7, 11) is 0. The zero-order valence-corrected chi connectivity index (χ0v) is 8.92. The first-order chi connectivity index (χ1) is 4.59. The molecular formula is C6H9NaO4. The molecule has 0 N–H and O–H groups in total. The summed E-state index contributed by atoms with van der Waals surface area (Å²) in [5, 5.41) is 10.0. The Morgan fingerprint density at radius 2 is 2.00 bits per heavy atom. The Morgan fingerprint density at radius 1 is 1.55 bits per heavy atom. The molecule has 58 valence electrons. The Kier molecular flexibility index (Phi) is 8.16. The maximum absolute atomic E-state index is 10.5. The fourth-order valence-corrected chi connectivity index (χ4v) is 0.363. The van der Waals surface area contributed by atoms with Crippen LogP contribution in [0.2, 0.25) is 0 Å². The fourth-order valence-electron chi connectivity index (χ4n) is 0.363. The van der Waals surface area contributed by atoms with E-state index in [1.54, 1.807) is 6.92 Å². The fraction of sp³-hybridized carbons (Fsp3) is 0.667. The van der Waals surface area contributed by atoms with Crippen LogP contribution in [0.1, 0.15) is 13.8 Å². The van der Waals surface area contributed by atoms with Gasteiger partial charge in [0.1, 0.15) is 0 Å². The molecule has 1 atom stereocenters. The summed E-state index contributed by atoms with van der Waals surface area (Å²) in [5.74, 6) is -3.32. The number of aliphatic carboxylic acids is 1. The molecule has 0 aromatic rings. The van der Waals surface area contributed by atoms with Crippen LogP contribution in [0.5, 0.6) is 0 Å². The molecule has 0 fully saturated rings. The predicted molar refractivity (Wildman–Crippen MR) is 30.8 cm³/mol. The number of ether oxygens (including phenoxy) is 1. The molecule has 0 aliphatic heterocycles. The molecule has 1 unspecified atom stereocenters. The van der Waals surface area contributed by atoms with E-state index in [4.69, 9.17) is 0 Å². The number of rotatable bonds is 3. The van der Waals surface area contributed by atoms with Crippen molar-refractivity contribution < 1.29 is 49.0 Å². The van der Waals surface area contributed by atoms with Gasteiger partial charge in [-0.15, -0.1) is 0 Å². The number of carbonyl (C=O) groups is 2. The average molecular weight is 168 g/mol. The molecular weight excluding hydrogens is 159 g/mol. The van der Waals surface area contributed by atoms with Gasteiger partial charge < -0.3 is 14.6 Å². The standard InChI is InChI=1S/C6H10O4.Na/c1-3-10-6(9)4(2)5(7)8;/h4H,3H2,1-2H3,(H,7,8);/q;+1/p-1. The van der Waals surface area contributed by atoms with Crippen LogP contribution >= 0.6 is 0 Å². The third-order valence-corrected chi connectivity index (χ3v) is 0.994. The first-order valence-corrected chi connectivity index (χ1v) is 2.97. The quantitative estimate of drug-likeness (QED) is 0.244. The Balaban J connectivity index is 0. The molecule has 0 aromatic carbocycles. The van der Waals surface area contributed by atoms with Gasteiger partial charge in [0.25, 0.3) is 0 Å². The molecule has 0 aromatic heterocycles. The second-order valence-electron chi connectivity index (χ2n) is 1.79. The summed E-state index contributed by atoms with van der Waals surface area (Å²) >= 11 is 0. The Hall–Kier alpha value is -0.0600. The molecule has 0 saturated carbocycles. The minimum atomic E-state index is -1.40. The van der Waals surface area contributed by atoms with Crippen molar-refractivity contribution in [2.45, 2.75) is 13.8 Å². The topological polar surface area (TPSA) is 66.4 Å². The number of hydrogen-bond donors (Lipinski definition) is 0. The summed E-state index contributed by atoms with van der Waals surface area (Å²) in [6.07, 6.45) is 0. The van der Waals surface area contributed by atoms with Crippen molar-refractivity contribution in [1.29, 1.82) is 0 Å². The third kappa shape index (κ3) is 5.24. The zero-order chi connectivity index (χ0) is 8.15. The van der Waals surface area contributed by atoms with Gasteiger partial charge >= 0.3 is 35.5 Å². The van der Waals surface area contributed by atoms with Crippen molar-refractivity contribution in [3.63, 3.8) is 0 Å². The molecule has 0 radical (unpaired) electrons. The summed E-state index contributed by atoms with van der Waals surface area (Å²) in [6.45, 7) is 3.03. The van der Waals surface area contributed by atoms with Crippen LogP contribution in [-0.2, 0) is 14.3 Å². The van der Waals surface area contributed by atoms with E-state index in [2.05, 4.69) is 4.74 Å². The van der Waals surface area contributed by atoms with Crippen LogP contribution in [0.15, 0.2) is 0 Å². The van der Waals surface area contributed by atoms with E-state index < -0.39 is 17.9 Å². The van der Waals surface area contributed by atoms with Crippen LogP contribution in [-0.4, -0.2) is 18.5 Å². The minimum Gasteiger partial charge on any atom is -0.549 e. The van der Waals surface area contributed by atoms with Crippen molar-refractivity contribution >= 4 is 11.9 Å². The van der Waals surface area contributed by atoms with Gasteiger partial charge in [0.05, 0.1) is 18.5 Å². The first-order valence-electron chi connectivity index (χ1n) is 2.97. The second kappa shape index (κ2) is 6.64. The van der Waals surface area contributed by atoms with Gasteiger partial charge in [0.2, 0.25) is 0 Å². The summed E-state index contributed by atoms with van der Waals surface area (Å²) < 4.78 is 4.41. The van der Waals surface area contributed by atoms with Gasteiger partial charge in [0, 0.05) is 0 Å². The molecule has 0 aliphatic rings. The Bertz CT molecular complexity index is 146. The molecule has 11 heavy (non-hydrogen) atoms. The molecule has 4 nitrogen and oxygen atoms in total. The maximum Gasteiger partial charge on any atom is 1.00 e. The molecule has 0 saturated heterocycles. The summed E-state index contributed by atoms with van der Waals surface area (Å²) in [6, 6.07) is 0. The van der Waals surface area contributed by atoms with Crippen molar-refractivity contribution in [2.75, 3.05) is 6.61 Å². The number of hydrogen-bond acceptors (Lipinski definition) is 4. The van der Waals surface area contributed by atoms with Crippen LogP contribution in [0.25, 0.3) is 0 Å². The molecule has 0 heterocycles. The van der Waals surface area contributed by atoms with E-state index in [9.17, 15) is 14.7 Å². The Morgan fingerprint density at radius 3 is 2.27 bits per heavy atom. The van der Waals surface area contributed by atoms with Crippen LogP contribution < -0.4 is 34.7 Å². The second-order valence-corrected chi connectivity index (χ2v) is 1.79. The number of carbonyl (C=O) groups excluding carboxylic acids is 2. The zero-order valence-electron chi connectivity index (χ0n) is 6.92. The summed E-state index contributed by atoms with van der Waals surface area (Å²) in [5.41, 5.74) is 0. The van der Waals surface area contributed by atoms with E-state index in [1.807, 2.05) is 0 Å². The largest absolute Gasteiger partial charge is 1.00 e. The normalized spacial score (nSPS) is 11.1. The molecule has 0 bridgehead atoms.